The average molecular weight is 499 g/mol. The van der Waals surface area contributed by atoms with Crippen LogP contribution in [-0.2, 0) is 24.5 Å². The van der Waals surface area contributed by atoms with Crippen molar-refractivity contribution >= 4 is 31.3 Å². The molecule has 2 aromatic rings. The highest BCUT2D eigenvalue weighted by atomic mass is 32.2. The van der Waals surface area contributed by atoms with E-state index in [1.807, 2.05) is 0 Å². The molecule has 3 N–H and O–H groups in total. The van der Waals surface area contributed by atoms with Gasteiger partial charge in [0.25, 0.3) is 5.91 Å². The Morgan fingerprint density at radius 3 is 1.94 bits per heavy atom. The van der Waals surface area contributed by atoms with Gasteiger partial charge in [-0.25, -0.2) is 21.2 Å². The van der Waals surface area contributed by atoms with Crippen LogP contribution in [0.1, 0.15) is 6.92 Å². The second kappa shape index (κ2) is 8.77. The summed E-state index contributed by atoms with van der Waals surface area (Å²) in [5.74, 6) is -3.93. The molecule has 176 valence electrons. The lowest BCUT2D eigenvalue weighted by Gasteiger charge is -2.25. The Morgan fingerprint density at radius 1 is 0.969 bits per heavy atom. The Balaban J connectivity index is 2.33. The number of hydrogen-bond donors (Lipinski definition) is 3. The van der Waals surface area contributed by atoms with Crippen molar-refractivity contribution in [2.75, 3.05) is 17.7 Å². The molecule has 0 radical (unpaired) electrons. The lowest BCUT2D eigenvalue weighted by atomic mass is 10.1. The molecule has 0 aromatic heterocycles. The summed E-state index contributed by atoms with van der Waals surface area (Å²) in [7, 11) is -8.19. The zero-order valence-corrected chi connectivity index (χ0v) is 17.9. The van der Waals surface area contributed by atoms with Crippen molar-refractivity contribution in [2.24, 2.45) is 0 Å². The summed E-state index contributed by atoms with van der Waals surface area (Å²) in [6.45, 7) is -0.466. The van der Waals surface area contributed by atoms with Crippen molar-refractivity contribution in [3.05, 3.63) is 48.3 Å². The van der Waals surface area contributed by atoms with Gasteiger partial charge in [0.05, 0.1) is 32.7 Å². The monoisotopic (exact) mass is 499 g/mol. The molecule has 0 aliphatic carbocycles. The minimum absolute atomic E-state index is 0.170. The van der Waals surface area contributed by atoms with Crippen LogP contribution in [0, 0.1) is 5.82 Å². The second-order valence-electron chi connectivity index (χ2n) is 6.68. The number of halogens is 4. The molecule has 0 fully saturated rings. The van der Waals surface area contributed by atoms with Crippen LogP contribution in [0.15, 0.2) is 57.2 Å². The van der Waals surface area contributed by atoms with E-state index in [4.69, 9.17) is 5.11 Å². The summed E-state index contributed by atoms with van der Waals surface area (Å²) >= 11 is 0. The fourth-order valence-electron chi connectivity index (χ4n) is 2.34. The van der Waals surface area contributed by atoms with E-state index in [0.717, 1.165) is 30.3 Å². The van der Waals surface area contributed by atoms with E-state index in [-0.39, 0.29) is 11.8 Å². The number of amides is 1. The number of alkyl halides is 3. The van der Waals surface area contributed by atoms with E-state index in [9.17, 15) is 44.3 Å². The molecule has 1 amide bonds. The molecule has 1 atom stereocenters. The lowest BCUT2D eigenvalue weighted by molar-refractivity contribution is -0.242. The third-order valence-electron chi connectivity index (χ3n) is 4.35. The molecule has 2 rings (SSSR count). The van der Waals surface area contributed by atoms with Crippen LogP contribution < -0.4 is 5.32 Å². The van der Waals surface area contributed by atoms with Crippen LogP contribution in [0.25, 0.3) is 0 Å². The third kappa shape index (κ3) is 5.09. The molecule has 0 saturated carbocycles. The summed E-state index contributed by atoms with van der Waals surface area (Å²) in [5.41, 5.74) is -4.62. The standard InChI is InChI=1S/C18H17F4NO7S2/c1-17(26,18(20,21)22)16(25)23-15-7-6-13(10-14(15)19)32(29,30)12-4-2-11(3-5-12)31(27,28)9-8-24/h2-7,10,24,26H,8-9H2,1H3,(H,23,25). The predicted molar refractivity (Wildman–Crippen MR) is 103 cm³/mol. The van der Waals surface area contributed by atoms with Crippen molar-refractivity contribution in [1.82, 2.24) is 0 Å². The summed E-state index contributed by atoms with van der Waals surface area (Å²) in [6.07, 6.45) is -5.34. The first-order valence-electron chi connectivity index (χ1n) is 8.63. The smallest absolute Gasteiger partial charge is 0.395 e. The number of benzene rings is 2. The first kappa shape index (κ1) is 25.7. The van der Waals surface area contributed by atoms with Crippen molar-refractivity contribution in [3.8, 4) is 0 Å². The molecule has 0 heterocycles. The van der Waals surface area contributed by atoms with Gasteiger partial charge in [-0.3, -0.25) is 4.79 Å². The Bertz CT molecular complexity index is 1220. The van der Waals surface area contributed by atoms with Crippen molar-refractivity contribution < 1.29 is 49.4 Å². The first-order chi connectivity index (χ1) is 14.5. The van der Waals surface area contributed by atoms with Gasteiger partial charge in [0.15, 0.2) is 9.84 Å². The minimum Gasteiger partial charge on any atom is -0.395 e. The van der Waals surface area contributed by atoms with E-state index >= 15 is 0 Å². The van der Waals surface area contributed by atoms with Crippen LogP contribution in [0.2, 0.25) is 0 Å². The quantitative estimate of drug-likeness (QED) is 0.493. The SMILES string of the molecule is CC(O)(C(=O)Nc1ccc(S(=O)(=O)c2ccc(S(=O)(=O)CCO)cc2)cc1F)C(F)(F)F. The predicted octanol–water partition coefficient (Wildman–Crippen LogP) is 1.68. The number of sulfone groups is 2. The number of rotatable bonds is 7. The van der Waals surface area contributed by atoms with E-state index < -0.39 is 71.0 Å². The molecule has 0 bridgehead atoms. The third-order valence-corrected chi connectivity index (χ3v) is 7.82. The summed E-state index contributed by atoms with van der Waals surface area (Å²) in [4.78, 5) is 10.4. The van der Waals surface area contributed by atoms with Crippen LogP contribution in [0.4, 0.5) is 23.2 Å². The van der Waals surface area contributed by atoms with Gasteiger partial charge in [-0.1, -0.05) is 0 Å². The topological polar surface area (TPSA) is 138 Å². The molecular weight excluding hydrogens is 482 g/mol. The molecule has 14 heteroatoms. The fraction of sp³-hybridized carbons (Fsp3) is 0.278. The van der Waals surface area contributed by atoms with Gasteiger partial charge in [0.1, 0.15) is 5.82 Å². The summed E-state index contributed by atoms with van der Waals surface area (Å²) in [5, 5.41) is 19.6. The maximum atomic E-state index is 14.3. The summed E-state index contributed by atoms with van der Waals surface area (Å²) < 4.78 is 102. The highest BCUT2D eigenvalue weighted by Gasteiger charge is 2.55. The van der Waals surface area contributed by atoms with Crippen molar-refractivity contribution in [1.29, 1.82) is 0 Å². The number of anilines is 1. The molecule has 32 heavy (non-hydrogen) atoms. The second-order valence-corrected chi connectivity index (χ2v) is 10.7. The number of aliphatic hydroxyl groups is 2. The van der Waals surface area contributed by atoms with Gasteiger partial charge in [-0.15, -0.1) is 0 Å². The lowest BCUT2D eigenvalue weighted by Crippen LogP contribution is -2.52. The van der Waals surface area contributed by atoms with Gasteiger partial charge in [-0.2, -0.15) is 13.2 Å². The van der Waals surface area contributed by atoms with E-state index in [2.05, 4.69) is 0 Å². The maximum Gasteiger partial charge on any atom is 0.426 e. The number of aliphatic hydroxyl groups excluding tert-OH is 1. The fourth-order valence-corrected chi connectivity index (χ4v) is 4.64. The van der Waals surface area contributed by atoms with Gasteiger partial charge < -0.3 is 15.5 Å². The van der Waals surface area contributed by atoms with E-state index in [1.165, 1.54) is 0 Å². The van der Waals surface area contributed by atoms with Gasteiger partial charge in [-0.05, 0) is 49.4 Å². The average Bonchev–Trinajstić information content (AvgIpc) is 2.68. The molecule has 1 unspecified atom stereocenters. The molecule has 0 spiro atoms. The van der Waals surface area contributed by atoms with E-state index in [1.54, 1.807) is 5.32 Å². The number of hydrogen-bond acceptors (Lipinski definition) is 7. The zero-order chi connectivity index (χ0) is 24.5. The van der Waals surface area contributed by atoms with Crippen LogP contribution in [0.5, 0.6) is 0 Å². The summed E-state index contributed by atoms with van der Waals surface area (Å²) in [6, 6.07) is 5.84. The molecule has 8 nitrogen and oxygen atoms in total. The van der Waals surface area contributed by atoms with Crippen LogP contribution in [0.3, 0.4) is 0 Å². The van der Waals surface area contributed by atoms with Gasteiger partial charge in [0, 0.05) is 0 Å². The molecule has 0 aliphatic heterocycles. The number of carbonyl (C=O) groups excluding carboxylic acids is 1. The number of nitrogens with one attached hydrogen (secondary N) is 1. The molecule has 0 aliphatic rings. The highest BCUT2D eigenvalue weighted by Crippen LogP contribution is 2.32. The largest absolute Gasteiger partial charge is 0.426 e. The Morgan fingerprint density at radius 2 is 1.47 bits per heavy atom. The maximum absolute atomic E-state index is 14.3. The Hall–Kier alpha value is -2.55. The Kier molecular flexibility index (Phi) is 7.04. The van der Waals surface area contributed by atoms with Crippen molar-refractivity contribution in [3.63, 3.8) is 0 Å². The van der Waals surface area contributed by atoms with Gasteiger partial charge in [0.2, 0.25) is 15.4 Å². The molecular formula is C18H17F4NO7S2. The first-order valence-corrected chi connectivity index (χ1v) is 11.8. The zero-order valence-electron chi connectivity index (χ0n) is 16.2. The Labute approximate surface area is 180 Å². The van der Waals surface area contributed by atoms with Crippen LogP contribution >= 0.6 is 0 Å². The minimum atomic E-state index is -5.34. The normalized spacial score (nSPS) is 14.6. The highest BCUT2D eigenvalue weighted by molar-refractivity contribution is 7.92. The van der Waals surface area contributed by atoms with E-state index in [0.29, 0.717) is 12.1 Å². The van der Waals surface area contributed by atoms with Crippen LogP contribution in [-0.4, -0.2) is 57.1 Å². The molecule has 2 aromatic carbocycles. The van der Waals surface area contributed by atoms with Crippen molar-refractivity contribution in [2.45, 2.75) is 33.4 Å². The number of carbonyl (C=O) groups is 1. The molecule has 0 saturated heterocycles. The van der Waals surface area contributed by atoms with Gasteiger partial charge >= 0.3 is 6.18 Å².